The Kier molecular flexibility index (Phi) is 4.51. The molecule has 0 radical (unpaired) electrons. The van der Waals surface area contributed by atoms with Gasteiger partial charge in [-0.2, -0.15) is 0 Å². The van der Waals surface area contributed by atoms with E-state index >= 15 is 0 Å². The van der Waals surface area contributed by atoms with E-state index in [0.29, 0.717) is 0 Å². The number of hydrogen-bond donors (Lipinski definition) is 2. The molecule has 0 heterocycles. The molecule has 1 rings (SSSR count). The van der Waals surface area contributed by atoms with E-state index in [-0.39, 0.29) is 11.5 Å². The third-order valence-corrected chi connectivity index (χ3v) is 3.58. The topological polar surface area (TPSA) is 38.0 Å². The van der Waals surface area contributed by atoms with Gasteiger partial charge in [0.25, 0.3) is 0 Å². The highest BCUT2D eigenvalue weighted by molar-refractivity contribution is 5.26. The smallest absolute Gasteiger partial charge is 0.0510 e. The molecule has 0 bridgehead atoms. The second-order valence-electron chi connectivity index (χ2n) is 5.04. The van der Waals surface area contributed by atoms with Gasteiger partial charge < -0.3 is 0 Å². The first-order valence-electron chi connectivity index (χ1n) is 6.10. The second-order valence-corrected chi connectivity index (χ2v) is 5.04. The molecule has 1 atom stereocenters. The predicted molar refractivity (Wildman–Crippen MR) is 70.0 cm³/mol. The highest BCUT2D eigenvalue weighted by Crippen LogP contribution is 2.35. The zero-order valence-corrected chi connectivity index (χ0v) is 10.9. The molecule has 0 aliphatic carbocycles. The van der Waals surface area contributed by atoms with Gasteiger partial charge in [0.2, 0.25) is 0 Å². The Morgan fingerprint density at radius 3 is 2.12 bits per heavy atom. The zero-order valence-electron chi connectivity index (χ0n) is 10.9. The summed E-state index contributed by atoms with van der Waals surface area (Å²) in [6, 6.07) is 8.95. The van der Waals surface area contributed by atoms with Crippen LogP contribution in [0, 0.1) is 5.41 Å². The summed E-state index contributed by atoms with van der Waals surface area (Å²) in [6.07, 6.45) is 2.18. The van der Waals surface area contributed by atoms with Crippen LogP contribution in [-0.2, 0) is 6.42 Å². The van der Waals surface area contributed by atoms with Crippen molar-refractivity contribution < 1.29 is 0 Å². The predicted octanol–water partition coefficient (Wildman–Crippen LogP) is 3.19. The van der Waals surface area contributed by atoms with Gasteiger partial charge in [-0.25, -0.2) is 0 Å². The first kappa shape index (κ1) is 13.2. The summed E-state index contributed by atoms with van der Waals surface area (Å²) in [5.41, 5.74) is 5.76. The third-order valence-electron chi connectivity index (χ3n) is 3.58. The van der Waals surface area contributed by atoms with E-state index < -0.39 is 0 Å². The minimum absolute atomic E-state index is 0.169. The lowest BCUT2D eigenvalue weighted by Crippen LogP contribution is -2.38. The fourth-order valence-corrected chi connectivity index (χ4v) is 1.92. The summed E-state index contributed by atoms with van der Waals surface area (Å²) in [5.74, 6) is 5.69. The maximum atomic E-state index is 5.69. The van der Waals surface area contributed by atoms with Crippen LogP contribution < -0.4 is 11.3 Å². The van der Waals surface area contributed by atoms with Crippen LogP contribution >= 0.6 is 0 Å². The first-order valence-corrected chi connectivity index (χ1v) is 6.10. The van der Waals surface area contributed by atoms with Crippen molar-refractivity contribution in [2.24, 2.45) is 11.3 Å². The molecule has 0 aliphatic rings. The molecule has 0 aromatic heterocycles. The standard InChI is InChI=1S/C14H24N2/c1-5-11-7-9-12(10-8-11)13(16-15)14(3,4)6-2/h7-10,13,16H,5-6,15H2,1-4H3. The lowest BCUT2D eigenvalue weighted by Gasteiger charge is -2.33. The average Bonchev–Trinajstić information content (AvgIpc) is 2.30. The molecule has 2 nitrogen and oxygen atoms in total. The fourth-order valence-electron chi connectivity index (χ4n) is 1.92. The summed E-state index contributed by atoms with van der Waals surface area (Å²) < 4.78 is 0. The molecule has 1 aromatic rings. The van der Waals surface area contributed by atoms with E-state index in [4.69, 9.17) is 5.84 Å². The van der Waals surface area contributed by atoms with Crippen LogP contribution in [0.4, 0.5) is 0 Å². The average molecular weight is 220 g/mol. The molecule has 2 heteroatoms. The van der Waals surface area contributed by atoms with Gasteiger partial charge >= 0.3 is 0 Å². The van der Waals surface area contributed by atoms with Gasteiger partial charge in [0, 0.05) is 0 Å². The molecule has 0 saturated carbocycles. The molecule has 0 saturated heterocycles. The normalized spacial score (nSPS) is 13.8. The summed E-state index contributed by atoms with van der Waals surface area (Å²) in [4.78, 5) is 0. The quantitative estimate of drug-likeness (QED) is 0.591. The van der Waals surface area contributed by atoms with Crippen molar-refractivity contribution in [3.8, 4) is 0 Å². The minimum Gasteiger partial charge on any atom is -0.271 e. The lowest BCUT2D eigenvalue weighted by molar-refractivity contribution is 0.236. The Bertz CT molecular complexity index is 314. The van der Waals surface area contributed by atoms with Gasteiger partial charge in [0.15, 0.2) is 0 Å². The van der Waals surface area contributed by atoms with Crippen molar-refractivity contribution in [1.29, 1.82) is 0 Å². The summed E-state index contributed by atoms with van der Waals surface area (Å²) in [5, 5.41) is 0. The number of nitrogens with two attached hydrogens (primary N) is 1. The molecule has 0 spiro atoms. The Morgan fingerprint density at radius 1 is 1.19 bits per heavy atom. The van der Waals surface area contributed by atoms with Crippen LogP contribution in [0.15, 0.2) is 24.3 Å². The van der Waals surface area contributed by atoms with Crippen LogP contribution in [0.5, 0.6) is 0 Å². The van der Waals surface area contributed by atoms with Gasteiger partial charge in [0.1, 0.15) is 0 Å². The maximum Gasteiger partial charge on any atom is 0.0510 e. The van der Waals surface area contributed by atoms with E-state index in [0.717, 1.165) is 12.8 Å². The Labute approximate surface area is 99.2 Å². The van der Waals surface area contributed by atoms with Crippen molar-refractivity contribution in [3.63, 3.8) is 0 Å². The molecule has 3 N–H and O–H groups in total. The molecular formula is C14H24N2. The third kappa shape index (κ3) is 2.83. The van der Waals surface area contributed by atoms with Crippen LogP contribution in [-0.4, -0.2) is 0 Å². The molecule has 0 amide bonds. The number of benzene rings is 1. The SMILES string of the molecule is CCc1ccc(C(NN)C(C)(C)CC)cc1. The fraction of sp³-hybridized carbons (Fsp3) is 0.571. The van der Waals surface area contributed by atoms with Crippen molar-refractivity contribution in [2.75, 3.05) is 0 Å². The molecule has 1 unspecified atom stereocenters. The van der Waals surface area contributed by atoms with Crippen molar-refractivity contribution in [2.45, 2.75) is 46.6 Å². The highest BCUT2D eigenvalue weighted by Gasteiger charge is 2.27. The van der Waals surface area contributed by atoms with Gasteiger partial charge in [0.05, 0.1) is 6.04 Å². The lowest BCUT2D eigenvalue weighted by atomic mass is 9.78. The molecule has 16 heavy (non-hydrogen) atoms. The second kappa shape index (κ2) is 5.46. The molecule has 1 aromatic carbocycles. The summed E-state index contributed by atoms with van der Waals surface area (Å²) in [6.45, 7) is 8.85. The number of hydrazine groups is 1. The van der Waals surface area contributed by atoms with Crippen LogP contribution in [0.1, 0.15) is 51.3 Å². The monoisotopic (exact) mass is 220 g/mol. The Morgan fingerprint density at radius 2 is 1.75 bits per heavy atom. The van der Waals surface area contributed by atoms with Crippen LogP contribution in [0.2, 0.25) is 0 Å². The van der Waals surface area contributed by atoms with Gasteiger partial charge in [-0.05, 0) is 29.4 Å². The van der Waals surface area contributed by atoms with E-state index in [9.17, 15) is 0 Å². The molecule has 0 aliphatic heterocycles. The largest absolute Gasteiger partial charge is 0.271 e. The van der Waals surface area contributed by atoms with Crippen LogP contribution in [0.3, 0.4) is 0 Å². The Hall–Kier alpha value is -0.860. The number of hydrogen-bond acceptors (Lipinski definition) is 2. The first-order chi connectivity index (χ1) is 7.55. The van der Waals surface area contributed by atoms with E-state index in [2.05, 4.69) is 57.4 Å². The molecular weight excluding hydrogens is 196 g/mol. The molecule has 0 fully saturated rings. The van der Waals surface area contributed by atoms with Crippen LogP contribution in [0.25, 0.3) is 0 Å². The highest BCUT2D eigenvalue weighted by atomic mass is 15.2. The van der Waals surface area contributed by atoms with Gasteiger partial charge in [-0.3, -0.25) is 11.3 Å². The summed E-state index contributed by atoms with van der Waals surface area (Å²) in [7, 11) is 0. The minimum atomic E-state index is 0.169. The molecule has 90 valence electrons. The van der Waals surface area contributed by atoms with E-state index in [1.165, 1.54) is 11.1 Å². The maximum absolute atomic E-state index is 5.69. The van der Waals surface area contributed by atoms with Crippen molar-refractivity contribution in [3.05, 3.63) is 35.4 Å². The van der Waals surface area contributed by atoms with E-state index in [1.54, 1.807) is 0 Å². The summed E-state index contributed by atoms with van der Waals surface area (Å²) >= 11 is 0. The van der Waals surface area contributed by atoms with E-state index in [1.807, 2.05) is 0 Å². The number of nitrogens with one attached hydrogen (secondary N) is 1. The van der Waals surface area contributed by atoms with Gasteiger partial charge in [-0.1, -0.05) is 52.0 Å². The van der Waals surface area contributed by atoms with Gasteiger partial charge in [-0.15, -0.1) is 0 Å². The van der Waals surface area contributed by atoms with Crippen molar-refractivity contribution in [1.82, 2.24) is 5.43 Å². The van der Waals surface area contributed by atoms with Crippen molar-refractivity contribution >= 4 is 0 Å². The number of rotatable bonds is 5. The Balaban J connectivity index is 2.95. The number of aryl methyl sites for hydroxylation is 1. The zero-order chi connectivity index (χ0) is 12.2.